The summed E-state index contributed by atoms with van der Waals surface area (Å²) in [4.78, 5) is 19.1. The van der Waals surface area contributed by atoms with E-state index in [1.54, 1.807) is 23.1 Å². The molecule has 0 aliphatic carbocycles. The molecule has 2 aromatic carbocycles. The molecule has 0 saturated carbocycles. The molecular weight excluding hydrogens is 364 g/mol. The summed E-state index contributed by atoms with van der Waals surface area (Å²) < 4.78 is 7.80. The van der Waals surface area contributed by atoms with E-state index in [9.17, 15) is 4.79 Å². The van der Waals surface area contributed by atoms with Crippen molar-refractivity contribution in [1.29, 1.82) is 0 Å². The van der Waals surface area contributed by atoms with E-state index < -0.39 is 0 Å². The number of benzene rings is 2. The number of rotatable bonds is 4. The molecule has 0 N–H and O–H groups in total. The number of ether oxygens (including phenoxy) is 1. The van der Waals surface area contributed by atoms with Crippen LogP contribution in [-0.2, 0) is 10.5 Å². The largest absolute Gasteiger partial charge is 0.375 e. The van der Waals surface area contributed by atoms with E-state index in [4.69, 9.17) is 4.74 Å². The monoisotopic (exact) mass is 384 g/mol. The summed E-state index contributed by atoms with van der Waals surface area (Å²) in [5.74, 6) is 0.939. The van der Waals surface area contributed by atoms with Gasteiger partial charge in [0.2, 0.25) is 0 Å². The number of nitrogens with zero attached hydrogens (tertiary/aromatic N) is 2. The Morgan fingerprint density at radius 1 is 1.27 bits per heavy atom. The SMILES string of the molecule is CC1CN(C(=O)c2ccc(CSc3nc4ccccc4s3)cc2)CCO1. The molecule has 1 aliphatic rings. The van der Waals surface area contributed by atoms with Gasteiger partial charge in [-0.05, 0) is 36.8 Å². The molecule has 1 atom stereocenters. The highest BCUT2D eigenvalue weighted by molar-refractivity contribution is 8.00. The summed E-state index contributed by atoms with van der Waals surface area (Å²) >= 11 is 3.46. The number of carbonyl (C=O) groups excluding carboxylic acids is 1. The number of hydrogen-bond acceptors (Lipinski definition) is 5. The Balaban J connectivity index is 1.38. The van der Waals surface area contributed by atoms with Gasteiger partial charge in [-0.2, -0.15) is 0 Å². The van der Waals surface area contributed by atoms with E-state index in [0.29, 0.717) is 19.7 Å². The summed E-state index contributed by atoms with van der Waals surface area (Å²) in [5, 5.41) is 0. The van der Waals surface area contributed by atoms with Gasteiger partial charge in [0.25, 0.3) is 5.91 Å². The first-order chi connectivity index (χ1) is 12.7. The van der Waals surface area contributed by atoms with Gasteiger partial charge >= 0.3 is 0 Å². The third-order valence-electron chi connectivity index (χ3n) is 4.37. The first kappa shape index (κ1) is 17.5. The predicted molar refractivity (Wildman–Crippen MR) is 107 cm³/mol. The Morgan fingerprint density at radius 2 is 2.08 bits per heavy atom. The summed E-state index contributed by atoms with van der Waals surface area (Å²) in [7, 11) is 0. The second-order valence-electron chi connectivity index (χ2n) is 6.37. The van der Waals surface area contributed by atoms with Crippen LogP contribution in [0.25, 0.3) is 10.2 Å². The quantitative estimate of drug-likeness (QED) is 0.623. The van der Waals surface area contributed by atoms with Crippen molar-refractivity contribution in [3.8, 4) is 0 Å². The Bertz CT molecular complexity index is 875. The molecule has 134 valence electrons. The van der Waals surface area contributed by atoms with Gasteiger partial charge in [0.1, 0.15) is 0 Å². The molecule has 0 bridgehead atoms. The van der Waals surface area contributed by atoms with Crippen LogP contribution in [0, 0.1) is 0 Å². The normalized spacial score (nSPS) is 17.6. The lowest BCUT2D eigenvalue weighted by Gasteiger charge is -2.31. The maximum atomic E-state index is 12.6. The van der Waals surface area contributed by atoms with Crippen LogP contribution in [0.1, 0.15) is 22.8 Å². The number of amides is 1. The van der Waals surface area contributed by atoms with E-state index in [2.05, 4.69) is 11.1 Å². The molecule has 1 aliphatic heterocycles. The Morgan fingerprint density at radius 3 is 2.85 bits per heavy atom. The van der Waals surface area contributed by atoms with Crippen LogP contribution in [0.15, 0.2) is 52.9 Å². The van der Waals surface area contributed by atoms with Crippen molar-refractivity contribution in [2.24, 2.45) is 0 Å². The lowest BCUT2D eigenvalue weighted by molar-refractivity contribution is -0.0124. The lowest BCUT2D eigenvalue weighted by atomic mass is 10.1. The molecule has 0 spiro atoms. The fourth-order valence-corrected chi connectivity index (χ4v) is 5.01. The Labute approximate surface area is 161 Å². The van der Waals surface area contributed by atoms with Crippen LogP contribution in [-0.4, -0.2) is 41.6 Å². The summed E-state index contributed by atoms with van der Waals surface area (Å²) in [6, 6.07) is 16.1. The van der Waals surface area contributed by atoms with Crippen molar-refractivity contribution in [3.05, 3.63) is 59.7 Å². The van der Waals surface area contributed by atoms with Gasteiger partial charge in [0, 0.05) is 24.4 Å². The Hall–Kier alpha value is -1.89. The highest BCUT2D eigenvalue weighted by Gasteiger charge is 2.22. The minimum atomic E-state index is 0.0885. The first-order valence-corrected chi connectivity index (χ1v) is 10.5. The number of para-hydroxylation sites is 1. The smallest absolute Gasteiger partial charge is 0.254 e. The van der Waals surface area contributed by atoms with Crippen molar-refractivity contribution in [3.63, 3.8) is 0 Å². The topological polar surface area (TPSA) is 42.4 Å². The molecule has 6 heteroatoms. The lowest BCUT2D eigenvalue weighted by Crippen LogP contribution is -2.44. The van der Waals surface area contributed by atoms with E-state index in [-0.39, 0.29) is 12.0 Å². The fraction of sp³-hybridized carbons (Fsp3) is 0.300. The molecule has 3 aromatic rings. The second kappa shape index (κ2) is 7.78. The van der Waals surface area contributed by atoms with E-state index in [1.165, 1.54) is 10.3 Å². The van der Waals surface area contributed by atoms with Crippen molar-refractivity contribution >= 4 is 39.2 Å². The van der Waals surface area contributed by atoms with E-state index in [0.717, 1.165) is 21.2 Å². The summed E-state index contributed by atoms with van der Waals surface area (Å²) in [5.41, 5.74) is 3.00. The maximum Gasteiger partial charge on any atom is 0.254 e. The zero-order valence-corrected chi connectivity index (χ0v) is 16.2. The van der Waals surface area contributed by atoms with Crippen LogP contribution in [0.4, 0.5) is 0 Å². The highest BCUT2D eigenvalue weighted by Crippen LogP contribution is 2.31. The molecule has 4 nitrogen and oxygen atoms in total. The molecule has 4 rings (SSSR count). The standard InChI is InChI=1S/C20H20N2O2S2/c1-14-12-22(10-11-24-14)19(23)16-8-6-15(7-9-16)13-25-20-21-17-4-2-3-5-18(17)26-20/h2-9,14H,10-13H2,1H3. The number of aromatic nitrogens is 1. The number of fused-ring (bicyclic) bond motifs is 1. The molecule has 26 heavy (non-hydrogen) atoms. The second-order valence-corrected chi connectivity index (χ2v) is 8.62. The maximum absolute atomic E-state index is 12.6. The van der Waals surface area contributed by atoms with Gasteiger partial charge in [0.05, 0.1) is 22.9 Å². The predicted octanol–water partition coefficient (Wildman–Crippen LogP) is 4.45. The highest BCUT2D eigenvalue weighted by atomic mass is 32.2. The van der Waals surface area contributed by atoms with Gasteiger partial charge in [-0.15, -0.1) is 11.3 Å². The number of carbonyl (C=O) groups is 1. The zero-order chi connectivity index (χ0) is 17.9. The van der Waals surface area contributed by atoms with E-state index in [1.807, 2.05) is 54.3 Å². The Kier molecular flexibility index (Phi) is 5.24. The van der Waals surface area contributed by atoms with Crippen LogP contribution in [0.3, 0.4) is 0 Å². The number of morpholine rings is 1. The van der Waals surface area contributed by atoms with Crippen molar-refractivity contribution < 1.29 is 9.53 Å². The zero-order valence-electron chi connectivity index (χ0n) is 14.6. The molecule has 2 heterocycles. The molecule has 1 unspecified atom stereocenters. The minimum Gasteiger partial charge on any atom is -0.375 e. The van der Waals surface area contributed by atoms with Gasteiger partial charge in [0.15, 0.2) is 4.34 Å². The third-order valence-corrected chi connectivity index (χ3v) is 6.62. The molecule has 0 radical (unpaired) electrons. The molecular formula is C20H20N2O2S2. The average Bonchev–Trinajstić information content (AvgIpc) is 3.09. The van der Waals surface area contributed by atoms with Crippen LogP contribution in [0.5, 0.6) is 0 Å². The van der Waals surface area contributed by atoms with Gasteiger partial charge < -0.3 is 9.64 Å². The van der Waals surface area contributed by atoms with Crippen molar-refractivity contribution in [1.82, 2.24) is 9.88 Å². The van der Waals surface area contributed by atoms with Crippen LogP contribution in [0.2, 0.25) is 0 Å². The molecule has 1 aromatic heterocycles. The first-order valence-electron chi connectivity index (χ1n) is 8.67. The average molecular weight is 385 g/mol. The minimum absolute atomic E-state index is 0.0885. The van der Waals surface area contributed by atoms with Gasteiger partial charge in [-0.3, -0.25) is 4.79 Å². The van der Waals surface area contributed by atoms with Crippen LogP contribution < -0.4 is 0 Å². The number of thioether (sulfide) groups is 1. The van der Waals surface area contributed by atoms with Crippen molar-refractivity contribution in [2.45, 2.75) is 23.1 Å². The van der Waals surface area contributed by atoms with Gasteiger partial charge in [-0.1, -0.05) is 36.0 Å². The summed E-state index contributed by atoms with van der Waals surface area (Å²) in [6.45, 7) is 3.94. The fourth-order valence-electron chi connectivity index (χ4n) is 2.99. The van der Waals surface area contributed by atoms with Gasteiger partial charge in [-0.25, -0.2) is 4.98 Å². The molecule has 1 saturated heterocycles. The third kappa shape index (κ3) is 3.92. The van der Waals surface area contributed by atoms with E-state index >= 15 is 0 Å². The number of thiazole rings is 1. The molecule has 1 fully saturated rings. The van der Waals surface area contributed by atoms with Crippen LogP contribution >= 0.6 is 23.1 Å². The molecule has 1 amide bonds. The number of hydrogen-bond donors (Lipinski definition) is 0. The summed E-state index contributed by atoms with van der Waals surface area (Å²) in [6.07, 6.45) is 0.109. The van der Waals surface area contributed by atoms with Crippen molar-refractivity contribution in [2.75, 3.05) is 19.7 Å².